The molecule has 0 bridgehead atoms. The van der Waals surface area contributed by atoms with Crippen molar-refractivity contribution in [3.05, 3.63) is 40.8 Å². The molecular formula is C13H14BrFN4. The molecule has 0 aliphatic heterocycles. The van der Waals surface area contributed by atoms with E-state index in [4.69, 9.17) is 0 Å². The quantitative estimate of drug-likeness (QED) is 0.874. The van der Waals surface area contributed by atoms with Crippen molar-refractivity contribution in [1.82, 2.24) is 9.97 Å². The highest BCUT2D eigenvalue weighted by atomic mass is 79.9. The number of hydrogen-bond donors (Lipinski definition) is 2. The number of nitrogens with zero attached hydrogens (tertiary/aromatic N) is 2. The van der Waals surface area contributed by atoms with E-state index in [0.717, 1.165) is 18.7 Å². The van der Waals surface area contributed by atoms with E-state index in [1.807, 2.05) is 0 Å². The number of aromatic nitrogens is 2. The predicted molar refractivity (Wildman–Crippen MR) is 78.2 cm³/mol. The fourth-order valence-corrected chi connectivity index (χ4v) is 1.85. The molecule has 0 unspecified atom stereocenters. The van der Waals surface area contributed by atoms with Gasteiger partial charge in [-0.05, 0) is 46.6 Å². The Kier molecular flexibility index (Phi) is 4.68. The van der Waals surface area contributed by atoms with Crippen LogP contribution < -0.4 is 10.6 Å². The first-order valence-electron chi connectivity index (χ1n) is 5.98. The van der Waals surface area contributed by atoms with Gasteiger partial charge in [-0.25, -0.2) is 9.37 Å². The molecule has 0 aliphatic carbocycles. The minimum Gasteiger partial charge on any atom is -0.354 e. The van der Waals surface area contributed by atoms with E-state index < -0.39 is 0 Å². The number of rotatable bonds is 5. The maximum atomic E-state index is 13.1. The van der Waals surface area contributed by atoms with Crippen LogP contribution in [0, 0.1) is 5.82 Å². The van der Waals surface area contributed by atoms with Gasteiger partial charge in [0.15, 0.2) is 0 Å². The zero-order chi connectivity index (χ0) is 13.7. The van der Waals surface area contributed by atoms with Gasteiger partial charge in [-0.2, -0.15) is 4.98 Å². The largest absolute Gasteiger partial charge is 0.354 e. The Morgan fingerprint density at radius 3 is 2.89 bits per heavy atom. The molecule has 2 rings (SSSR count). The second-order valence-corrected chi connectivity index (χ2v) is 4.80. The van der Waals surface area contributed by atoms with E-state index in [-0.39, 0.29) is 5.82 Å². The second-order valence-electron chi connectivity index (χ2n) is 3.95. The zero-order valence-corrected chi connectivity index (χ0v) is 12.0. The second kappa shape index (κ2) is 6.47. The average molecular weight is 325 g/mol. The Hall–Kier alpha value is -1.69. The molecule has 100 valence electrons. The van der Waals surface area contributed by atoms with Gasteiger partial charge in [0, 0.05) is 18.4 Å². The van der Waals surface area contributed by atoms with Crippen molar-refractivity contribution >= 4 is 33.4 Å². The lowest BCUT2D eigenvalue weighted by Crippen LogP contribution is -2.05. The zero-order valence-electron chi connectivity index (χ0n) is 10.5. The first-order valence-corrected chi connectivity index (χ1v) is 6.77. The van der Waals surface area contributed by atoms with Gasteiger partial charge in [0.2, 0.25) is 5.95 Å². The van der Waals surface area contributed by atoms with Gasteiger partial charge in [0.05, 0.1) is 4.47 Å². The van der Waals surface area contributed by atoms with Gasteiger partial charge in [-0.1, -0.05) is 6.92 Å². The average Bonchev–Trinajstić information content (AvgIpc) is 2.41. The minimum absolute atomic E-state index is 0.293. The summed E-state index contributed by atoms with van der Waals surface area (Å²) in [6, 6.07) is 6.47. The molecule has 0 amide bonds. The molecule has 1 aromatic carbocycles. The molecule has 19 heavy (non-hydrogen) atoms. The third-order valence-electron chi connectivity index (χ3n) is 2.38. The lowest BCUT2D eigenvalue weighted by Gasteiger charge is -2.08. The number of anilines is 3. The standard InChI is InChI=1S/C13H14BrFN4/c1-2-6-16-13-17-7-5-12(19-13)18-9-3-4-11(15)10(14)8-9/h3-5,7-8H,2,6H2,1H3,(H2,16,17,18,19). The Labute approximate surface area is 119 Å². The van der Waals surface area contributed by atoms with Crippen LogP contribution in [0.2, 0.25) is 0 Å². The molecule has 1 heterocycles. The third-order valence-corrected chi connectivity index (χ3v) is 2.99. The summed E-state index contributed by atoms with van der Waals surface area (Å²) >= 11 is 3.15. The van der Waals surface area contributed by atoms with Gasteiger partial charge < -0.3 is 10.6 Å². The summed E-state index contributed by atoms with van der Waals surface area (Å²) in [4.78, 5) is 8.43. The fraction of sp³-hybridized carbons (Fsp3) is 0.231. The first kappa shape index (κ1) is 13.7. The Morgan fingerprint density at radius 1 is 1.32 bits per heavy atom. The molecule has 4 nitrogen and oxygen atoms in total. The van der Waals surface area contributed by atoms with Crippen LogP contribution in [-0.4, -0.2) is 16.5 Å². The van der Waals surface area contributed by atoms with Crippen molar-refractivity contribution in [2.24, 2.45) is 0 Å². The van der Waals surface area contributed by atoms with Crippen LogP contribution in [0.1, 0.15) is 13.3 Å². The Morgan fingerprint density at radius 2 is 2.16 bits per heavy atom. The maximum absolute atomic E-state index is 13.1. The normalized spacial score (nSPS) is 10.3. The molecule has 0 fully saturated rings. The molecule has 0 saturated heterocycles. The lowest BCUT2D eigenvalue weighted by atomic mass is 10.3. The van der Waals surface area contributed by atoms with Crippen LogP contribution in [0.5, 0.6) is 0 Å². The monoisotopic (exact) mass is 324 g/mol. The van der Waals surface area contributed by atoms with E-state index in [1.165, 1.54) is 6.07 Å². The number of benzene rings is 1. The maximum Gasteiger partial charge on any atom is 0.224 e. The van der Waals surface area contributed by atoms with Crippen molar-refractivity contribution in [3.8, 4) is 0 Å². The fourth-order valence-electron chi connectivity index (χ4n) is 1.47. The summed E-state index contributed by atoms with van der Waals surface area (Å²) in [7, 11) is 0. The minimum atomic E-state index is -0.293. The summed E-state index contributed by atoms with van der Waals surface area (Å²) in [5.41, 5.74) is 0.758. The van der Waals surface area contributed by atoms with Gasteiger partial charge >= 0.3 is 0 Å². The molecule has 0 radical (unpaired) electrons. The van der Waals surface area contributed by atoms with Gasteiger partial charge in [-0.15, -0.1) is 0 Å². The smallest absolute Gasteiger partial charge is 0.224 e. The van der Waals surface area contributed by atoms with Crippen molar-refractivity contribution in [3.63, 3.8) is 0 Å². The van der Waals surface area contributed by atoms with Crippen LogP contribution in [-0.2, 0) is 0 Å². The molecule has 2 N–H and O–H groups in total. The summed E-state index contributed by atoms with van der Waals surface area (Å²) in [5.74, 6) is 0.943. The predicted octanol–water partition coefficient (Wildman–Crippen LogP) is 3.94. The number of nitrogens with one attached hydrogen (secondary N) is 2. The molecule has 6 heteroatoms. The summed E-state index contributed by atoms with van der Waals surface area (Å²) in [5, 5.41) is 6.21. The van der Waals surface area contributed by atoms with Crippen LogP contribution >= 0.6 is 15.9 Å². The van der Waals surface area contributed by atoms with Crippen LogP contribution in [0.25, 0.3) is 0 Å². The molecule has 0 atom stereocenters. The molecule has 0 spiro atoms. The molecule has 2 aromatic rings. The summed E-state index contributed by atoms with van der Waals surface area (Å²) in [6.45, 7) is 2.90. The van der Waals surface area contributed by atoms with Crippen molar-refractivity contribution in [2.75, 3.05) is 17.2 Å². The summed E-state index contributed by atoms with van der Waals surface area (Å²) < 4.78 is 13.5. The Balaban J connectivity index is 2.11. The topological polar surface area (TPSA) is 49.8 Å². The van der Waals surface area contributed by atoms with E-state index in [0.29, 0.717) is 16.2 Å². The molecule has 0 aliphatic rings. The van der Waals surface area contributed by atoms with E-state index in [1.54, 1.807) is 24.4 Å². The highest BCUT2D eigenvalue weighted by Gasteiger charge is 2.02. The van der Waals surface area contributed by atoms with E-state index in [2.05, 4.69) is 43.5 Å². The highest BCUT2D eigenvalue weighted by Crippen LogP contribution is 2.22. The van der Waals surface area contributed by atoms with Gasteiger partial charge in [0.25, 0.3) is 0 Å². The van der Waals surface area contributed by atoms with Crippen LogP contribution in [0.3, 0.4) is 0 Å². The third kappa shape index (κ3) is 3.89. The molecule has 0 saturated carbocycles. The lowest BCUT2D eigenvalue weighted by molar-refractivity contribution is 0.621. The van der Waals surface area contributed by atoms with Crippen molar-refractivity contribution < 1.29 is 4.39 Å². The first-order chi connectivity index (χ1) is 9.19. The van der Waals surface area contributed by atoms with E-state index >= 15 is 0 Å². The SMILES string of the molecule is CCCNc1nccc(Nc2ccc(F)c(Br)c2)n1. The van der Waals surface area contributed by atoms with Crippen LogP contribution in [0.15, 0.2) is 34.9 Å². The molecule has 1 aromatic heterocycles. The molecular weight excluding hydrogens is 311 g/mol. The Bertz CT molecular complexity index is 562. The van der Waals surface area contributed by atoms with Crippen molar-refractivity contribution in [2.45, 2.75) is 13.3 Å². The summed E-state index contributed by atoms with van der Waals surface area (Å²) in [6.07, 6.45) is 2.68. The van der Waals surface area contributed by atoms with Crippen LogP contribution in [0.4, 0.5) is 21.8 Å². The van der Waals surface area contributed by atoms with E-state index in [9.17, 15) is 4.39 Å². The number of halogens is 2. The van der Waals surface area contributed by atoms with Crippen molar-refractivity contribution in [1.29, 1.82) is 0 Å². The number of hydrogen-bond acceptors (Lipinski definition) is 4. The van der Waals surface area contributed by atoms with Gasteiger partial charge in [-0.3, -0.25) is 0 Å². The van der Waals surface area contributed by atoms with Gasteiger partial charge in [0.1, 0.15) is 11.6 Å². The highest BCUT2D eigenvalue weighted by molar-refractivity contribution is 9.10.